The number of Topliss-reactive ketones (excluding diaryl/α,β-unsaturated/α-hetero) is 1. The molecule has 2 aliphatic carbocycles. The SMILES string of the molecule is CC1=C2C[C@]3(C)[C@@H](C)CCC(=O)[C@@H]3C[C@H]2OC1=O. The number of carbonyl (C=O) groups is 2. The van der Waals surface area contributed by atoms with Gasteiger partial charge >= 0.3 is 5.97 Å². The lowest BCUT2D eigenvalue weighted by molar-refractivity contribution is -0.147. The molecule has 1 aliphatic heterocycles. The Morgan fingerprint density at radius 1 is 1.33 bits per heavy atom. The largest absolute Gasteiger partial charge is 0.454 e. The van der Waals surface area contributed by atoms with Crippen LogP contribution in [0.2, 0.25) is 0 Å². The van der Waals surface area contributed by atoms with Crippen molar-refractivity contribution in [2.75, 3.05) is 0 Å². The normalized spacial score (nSPS) is 43.6. The highest BCUT2D eigenvalue weighted by molar-refractivity contribution is 5.92. The lowest BCUT2D eigenvalue weighted by atomic mass is 9.54. The summed E-state index contributed by atoms with van der Waals surface area (Å²) in [5.74, 6) is 0.804. The second-order valence-electron chi connectivity index (χ2n) is 6.42. The third-order valence-corrected chi connectivity index (χ3v) is 5.58. The van der Waals surface area contributed by atoms with E-state index in [0.29, 0.717) is 24.5 Å². The number of carbonyl (C=O) groups excluding carboxylic acids is 2. The van der Waals surface area contributed by atoms with Crippen molar-refractivity contribution < 1.29 is 14.3 Å². The number of fused-ring (bicyclic) bond motifs is 2. The summed E-state index contributed by atoms with van der Waals surface area (Å²) in [4.78, 5) is 23.8. The molecule has 0 aromatic rings. The summed E-state index contributed by atoms with van der Waals surface area (Å²) in [6.07, 6.45) is 3.12. The van der Waals surface area contributed by atoms with Crippen LogP contribution in [0.5, 0.6) is 0 Å². The molecule has 0 unspecified atom stereocenters. The Bertz CT molecular complexity index is 462. The highest BCUT2D eigenvalue weighted by atomic mass is 16.5. The highest BCUT2D eigenvalue weighted by Crippen LogP contribution is 2.55. The lowest BCUT2D eigenvalue weighted by Crippen LogP contribution is -2.48. The van der Waals surface area contributed by atoms with E-state index in [1.807, 2.05) is 6.92 Å². The molecule has 2 saturated carbocycles. The van der Waals surface area contributed by atoms with Gasteiger partial charge in [-0.3, -0.25) is 4.79 Å². The van der Waals surface area contributed by atoms with Crippen molar-refractivity contribution in [2.45, 2.75) is 52.6 Å². The second-order valence-corrected chi connectivity index (χ2v) is 6.42. The van der Waals surface area contributed by atoms with Crippen molar-refractivity contribution in [1.29, 1.82) is 0 Å². The van der Waals surface area contributed by atoms with Crippen molar-refractivity contribution in [3.63, 3.8) is 0 Å². The minimum atomic E-state index is -0.183. The smallest absolute Gasteiger partial charge is 0.334 e. The van der Waals surface area contributed by atoms with Gasteiger partial charge in [0.1, 0.15) is 11.9 Å². The molecule has 0 bridgehead atoms. The summed E-state index contributed by atoms with van der Waals surface area (Å²) in [6, 6.07) is 0. The number of esters is 1. The molecule has 4 atom stereocenters. The van der Waals surface area contributed by atoms with Crippen molar-refractivity contribution >= 4 is 11.8 Å². The van der Waals surface area contributed by atoms with Crippen LogP contribution in [0.4, 0.5) is 0 Å². The molecule has 98 valence electrons. The van der Waals surface area contributed by atoms with Gasteiger partial charge in [0.05, 0.1) is 0 Å². The Morgan fingerprint density at radius 2 is 2.06 bits per heavy atom. The van der Waals surface area contributed by atoms with E-state index >= 15 is 0 Å². The summed E-state index contributed by atoms with van der Waals surface area (Å²) < 4.78 is 5.39. The summed E-state index contributed by atoms with van der Waals surface area (Å²) >= 11 is 0. The standard InChI is InChI=1S/C15H20O3/c1-8-4-5-12(16)11-6-13-10(7-15(8,11)3)9(2)14(17)18-13/h8,11,13H,4-7H2,1-3H3/t8-,11-,13+,15+/m0/s1. The molecule has 18 heavy (non-hydrogen) atoms. The minimum absolute atomic E-state index is 0.0242. The van der Waals surface area contributed by atoms with Crippen LogP contribution in [0.25, 0.3) is 0 Å². The molecular weight excluding hydrogens is 228 g/mol. The average molecular weight is 248 g/mol. The fourth-order valence-corrected chi connectivity index (χ4v) is 3.99. The Balaban J connectivity index is 2.00. The van der Waals surface area contributed by atoms with E-state index in [1.54, 1.807) is 0 Å². The number of hydrogen-bond donors (Lipinski definition) is 0. The fraction of sp³-hybridized carbons (Fsp3) is 0.733. The fourth-order valence-electron chi connectivity index (χ4n) is 3.99. The quantitative estimate of drug-likeness (QED) is 0.619. The monoisotopic (exact) mass is 248 g/mol. The molecule has 3 rings (SSSR count). The van der Waals surface area contributed by atoms with E-state index in [-0.39, 0.29) is 23.4 Å². The van der Waals surface area contributed by atoms with Crippen LogP contribution >= 0.6 is 0 Å². The predicted octanol–water partition coefficient (Wildman–Crippen LogP) is 2.64. The molecule has 0 aromatic heterocycles. The predicted molar refractivity (Wildman–Crippen MR) is 66.8 cm³/mol. The van der Waals surface area contributed by atoms with Crippen LogP contribution in [-0.2, 0) is 14.3 Å². The van der Waals surface area contributed by atoms with E-state index < -0.39 is 0 Å². The topological polar surface area (TPSA) is 43.4 Å². The van der Waals surface area contributed by atoms with Gasteiger partial charge in [-0.1, -0.05) is 13.8 Å². The van der Waals surface area contributed by atoms with Gasteiger partial charge in [0.15, 0.2) is 0 Å². The molecule has 0 amide bonds. The maximum absolute atomic E-state index is 12.2. The van der Waals surface area contributed by atoms with E-state index in [9.17, 15) is 9.59 Å². The van der Waals surface area contributed by atoms with Gasteiger partial charge in [0, 0.05) is 17.9 Å². The first-order valence-electron chi connectivity index (χ1n) is 6.87. The molecule has 1 heterocycles. The maximum Gasteiger partial charge on any atom is 0.334 e. The van der Waals surface area contributed by atoms with Crippen LogP contribution in [0, 0.1) is 17.3 Å². The summed E-state index contributed by atoms with van der Waals surface area (Å²) in [5, 5.41) is 0. The van der Waals surface area contributed by atoms with E-state index in [2.05, 4.69) is 13.8 Å². The van der Waals surface area contributed by atoms with E-state index in [0.717, 1.165) is 24.0 Å². The summed E-state index contributed by atoms with van der Waals surface area (Å²) in [6.45, 7) is 6.32. The van der Waals surface area contributed by atoms with Crippen molar-refractivity contribution in [3.8, 4) is 0 Å². The van der Waals surface area contributed by atoms with Gasteiger partial charge in [-0.25, -0.2) is 4.79 Å². The first kappa shape index (κ1) is 11.9. The third-order valence-electron chi connectivity index (χ3n) is 5.58. The molecule has 2 fully saturated rings. The average Bonchev–Trinajstić information content (AvgIpc) is 2.59. The van der Waals surface area contributed by atoms with Gasteiger partial charge in [-0.15, -0.1) is 0 Å². The van der Waals surface area contributed by atoms with Gasteiger partial charge < -0.3 is 4.74 Å². The van der Waals surface area contributed by atoms with Crippen molar-refractivity contribution in [1.82, 2.24) is 0 Å². The van der Waals surface area contributed by atoms with Crippen LogP contribution in [0.1, 0.15) is 46.5 Å². The molecule has 3 nitrogen and oxygen atoms in total. The molecule has 0 N–H and O–H groups in total. The highest BCUT2D eigenvalue weighted by Gasteiger charge is 2.53. The van der Waals surface area contributed by atoms with Crippen LogP contribution in [-0.4, -0.2) is 17.9 Å². The molecular formula is C15H20O3. The van der Waals surface area contributed by atoms with Crippen molar-refractivity contribution in [2.24, 2.45) is 17.3 Å². The first-order valence-corrected chi connectivity index (χ1v) is 6.87. The Kier molecular flexibility index (Phi) is 2.45. The zero-order valence-corrected chi connectivity index (χ0v) is 11.3. The summed E-state index contributed by atoms with van der Waals surface area (Å²) in [5.41, 5.74) is 1.96. The molecule has 3 heteroatoms. The van der Waals surface area contributed by atoms with Crippen LogP contribution in [0.15, 0.2) is 11.1 Å². The Labute approximate surface area is 108 Å². The number of ether oxygens (including phenoxy) is 1. The number of rotatable bonds is 0. The molecule has 3 aliphatic rings. The Morgan fingerprint density at radius 3 is 2.78 bits per heavy atom. The maximum atomic E-state index is 12.2. The zero-order valence-electron chi connectivity index (χ0n) is 11.3. The van der Waals surface area contributed by atoms with Crippen LogP contribution in [0.3, 0.4) is 0 Å². The van der Waals surface area contributed by atoms with Crippen LogP contribution < -0.4 is 0 Å². The molecule has 0 aromatic carbocycles. The van der Waals surface area contributed by atoms with Gasteiger partial charge in [0.25, 0.3) is 0 Å². The number of hydrogen-bond acceptors (Lipinski definition) is 3. The minimum Gasteiger partial charge on any atom is -0.454 e. The summed E-state index contributed by atoms with van der Waals surface area (Å²) in [7, 11) is 0. The zero-order chi connectivity index (χ0) is 13.1. The van der Waals surface area contributed by atoms with Gasteiger partial charge in [0.2, 0.25) is 0 Å². The molecule has 0 spiro atoms. The molecule has 0 radical (unpaired) electrons. The Hall–Kier alpha value is -1.12. The van der Waals surface area contributed by atoms with E-state index in [4.69, 9.17) is 4.74 Å². The van der Waals surface area contributed by atoms with Gasteiger partial charge in [-0.2, -0.15) is 0 Å². The number of ketones is 1. The first-order chi connectivity index (χ1) is 8.43. The molecule has 0 saturated heterocycles. The van der Waals surface area contributed by atoms with E-state index in [1.165, 1.54) is 0 Å². The van der Waals surface area contributed by atoms with Gasteiger partial charge in [-0.05, 0) is 43.1 Å². The third kappa shape index (κ3) is 1.42. The second kappa shape index (κ2) is 3.69. The lowest BCUT2D eigenvalue weighted by Gasteiger charge is -2.50. The van der Waals surface area contributed by atoms with Crippen molar-refractivity contribution in [3.05, 3.63) is 11.1 Å².